The van der Waals surface area contributed by atoms with Crippen molar-refractivity contribution >= 4 is 16.7 Å². The molecule has 1 fully saturated rings. The molecule has 2 aromatic carbocycles. The second-order valence-corrected chi connectivity index (χ2v) is 5.80. The highest BCUT2D eigenvalue weighted by atomic mass is 16.2. The highest BCUT2D eigenvalue weighted by Crippen LogP contribution is 2.49. The van der Waals surface area contributed by atoms with Crippen LogP contribution in [0.4, 0.5) is 0 Å². The topological polar surface area (TPSA) is 55.1 Å². The highest BCUT2D eigenvalue weighted by Gasteiger charge is 2.44. The first-order chi connectivity index (χ1) is 10.3. The monoisotopic (exact) mass is 282 g/mol. The number of fused-ring (bicyclic) bond motifs is 1. The summed E-state index contributed by atoms with van der Waals surface area (Å²) in [6.45, 7) is 1.44. The predicted octanol–water partition coefficient (Wildman–Crippen LogP) is 2.80. The number of nitrogens with one attached hydrogen (secondary N) is 1. The van der Waals surface area contributed by atoms with E-state index in [1.54, 1.807) is 0 Å². The Morgan fingerprint density at radius 1 is 1.14 bits per heavy atom. The van der Waals surface area contributed by atoms with Gasteiger partial charge in [0.2, 0.25) is 5.91 Å². The molecule has 2 unspecified atom stereocenters. The molecule has 1 saturated carbocycles. The van der Waals surface area contributed by atoms with Gasteiger partial charge in [-0.05, 0) is 48.1 Å². The largest absolute Gasteiger partial charge is 0.356 e. The molecule has 3 rings (SSSR count). The number of carbonyl (C=O) groups is 1. The van der Waals surface area contributed by atoms with Crippen molar-refractivity contribution in [1.29, 1.82) is 0 Å². The van der Waals surface area contributed by atoms with E-state index in [0.717, 1.165) is 25.8 Å². The van der Waals surface area contributed by atoms with Gasteiger partial charge in [-0.2, -0.15) is 0 Å². The fraction of sp³-hybridized carbons (Fsp3) is 0.389. The van der Waals surface area contributed by atoms with Crippen molar-refractivity contribution in [3.63, 3.8) is 0 Å². The van der Waals surface area contributed by atoms with Crippen molar-refractivity contribution in [2.75, 3.05) is 13.1 Å². The first-order valence-corrected chi connectivity index (χ1v) is 7.76. The zero-order chi connectivity index (χ0) is 14.7. The van der Waals surface area contributed by atoms with Crippen LogP contribution in [0.15, 0.2) is 42.5 Å². The van der Waals surface area contributed by atoms with E-state index in [1.807, 2.05) is 0 Å². The van der Waals surface area contributed by atoms with E-state index < -0.39 is 0 Å². The van der Waals surface area contributed by atoms with Crippen LogP contribution in [-0.4, -0.2) is 19.0 Å². The molecule has 1 aliphatic rings. The Hall–Kier alpha value is -1.87. The van der Waals surface area contributed by atoms with Crippen molar-refractivity contribution in [1.82, 2.24) is 5.32 Å². The van der Waals surface area contributed by atoms with Gasteiger partial charge in [0.1, 0.15) is 0 Å². The molecule has 0 radical (unpaired) electrons. The average molecular weight is 282 g/mol. The summed E-state index contributed by atoms with van der Waals surface area (Å²) in [5.74, 6) is 0.726. The lowest BCUT2D eigenvalue weighted by molar-refractivity contribution is -0.122. The van der Waals surface area contributed by atoms with Gasteiger partial charge in [-0.15, -0.1) is 0 Å². The number of nitrogens with two attached hydrogens (primary N) is 1. The predicted molar refractivity (Wildman–Crippen MR) is 86.1 cm³/mol. The second kappa shape index (κ2) is 6.27. The van der Waals surface area contributed by atoms with Gasteiger partial charge < -0.3 is 11.1 Å². The summed E-state index contributed by atoms with van der Waals surface area (Å²) in [5, 5.41) is 5.57. The molecule has 2 aromatic rings. The fourth-order valence-corrected chi connectivity index (χ4v) is 3.01. The average Bonchev–Trinajstić information content (AvgIpc) is 3.31. The molecule has 110 valence electrons. The lowest BCUT2D eigenvalue weighted by Gasteiger charge is -2.07. The number of hydrogen-bond donors (Lipinski definition) is 2. The Morgan fingerprint density at radius 2 is 1.95 bits per heavy atom. The maximum absolute atomic E-state index is 12.1. The summed E-state index contributed by atoms with van der Waals surface area (Å²) < 4.78 is 0. The van der Waals surface area contributed by atoms with Crippen LogP contribution in [0, 0.1) is 5.92 Å². The molecule has 0 saturated heterocycles. The van der Waals surface area contributed by atoms with E-state index in [2.05, 4.69) is 47.8 Å². The third kappa shape index (κ3) is 3.08. The molecule has 2 atom stereocenters. The normalized spacial score (nSPS) is 20.4. The van der Waals surface area contributed by atoms with Crippen molar-refractivity contribution in [2.24, 2.45) is 11.7 Å². The Labute approximate surface area is 125 Å². The van der Waals surface area contributed by atoms with E-state index >= 15 is 0 Å². The quantitative estimate of drug-likeness (QED) is 0.800. The van der Waals surface area contributed by atoms with Crippen LogP contribution in [0.25, 0.3) is 10.8 Å². The van der Waals surface area contributed by atoms with Gasteiger partial charge in [0.25, 0.3) is 0 Å². The Balaban J connectivity index is 1.65. The van der Waals surface area contributed by atoms with Crippen LogP contribution < -0.4 is 11.1 Å². The molecular weight excluding hydrogens is 260 g/mol. The summed E-state index contributed by atoms with van der Waals surface area (Å²) >= 11 is 0. The lowest BCUT2D eigenvalue weighted by atomic mass is 10.00. The van der Waals surface area contributed by atoms with Crippen LogP contribution in [-0.2, 0) is 4.79 Å². The maximum atomic E-state index is 12.1. The summed E-state index contributed by atoms with van der Waals surface area (Å²) in [5.41, 5.74) is 6.77. The molecule has 0 aliphatic heterocycles. The summed E-state index contributed by atoms with van der Waals surface area (Å²) in [4.78, 5) is 12.1. The SMILES string of the molecule is NCCCCNC(=O)C1CC1c1cccc2ccccc12. The van der Waals surface area contributed by atoms with Crippen molar-refractivity contribution < 1.29 is 4.79 Å². The Bertz CT molecular complexity index is 633. The molecule has 21 heavy (non-hydrogen) atoms. The summed E-state index contributed by atoms with van der Waals surface area (Å²) in [6, 6.07) is 14.8. The van der Waals surface area contributed by atoms with Gasteiger partial charge in [-0.1, -0.05) is 42.5 Å². The molecule has 1 amide bonds. The molecule has 0 heterocycles. The van der Waals surface area contributed by atoms with Gasteiger partial charge in [0.15, 0.2) is 0 Å². The number of amides is 1. The van der Waals surface area contributed by atoms with Crippen LogP contribution >= 0.6 is 0 Å². The van der Waals surface area contributed by atoms with Crippen LogP contribution in [0.1, 0.15) is 30.7 Å². The molecule has 1 aliphatic carbocycles. The molecule has 0 bridgehead atoms. The Morgan fingerprint density at radius 3 is 2.81 bits per heavy atom. The van der Waals surface area contributed by atoms with Crippen molar-refractivity contribution in [3.05, 3.63) is 48.0 Å². The number of hydrogen-bond acceptors (Lipinski definition) is 2. The molecule has 0 spiro atoms. The standard InChI is InChI=1S/C18H22N2O/c19-10-3-4-11-20-18(21)17-12-16(17)15-9-5-7-13-6-1-2-8-14(13)15/h1-2,5-9,16-17H,3-4,10-12,19H2,(H,20,21). The van der Waals surface area contributed by atoms with Gasteiger partial charge in [-0.3, -0.25) is 4.79 Å². The third-order valence-electron chi connectivity index (χ3n) is 4.28. The highest BCUT2D eigenvalue weighted by molar-refractivity contribution is 5.89. The Kier molecular flexibility index (Phi) is 4.20. The van der Waals surface area contributed by atoms with Gasteiger partial charge in [-0.25, -0.2) is 0 Å². The lowest BCUT2D eigenvalue weighted by Crippen LogP contribution is -2.26. The minimum Gasteiger partial charge on any atom is -0.356 e. The minimum atomic E-state index is 0.147. The fourth-order valence-electron chi connectivity index (χ4n) is 3.01. The van der Waals surface area contributed by atoms with Crippen LogP contribution in [0.5, 0.6) is 0 Å². The van der Waals surface area contributed by atoms with E-state index in [0.29, 0.717) is 12.5 Å². The maximum Gasteiger partial charge on any atom is 0.223 e. The first kappa shape index (κ1) is 14.1. The van der Waals surface area contributed by atoms with E-state index in [9.17, 15) is 4.79 Å². The minimum absolute atomic E-state index is 0.147. The smallest absolute Gasteiger partial charge is 0.223 e. The number of rotatable bonds is 6. The van der Waals surface area contributed by atoms with Crippen LogP contribution in [0.3, 0.4) is 0 Å². The molecular formula is C18H22N2O. The summed E-state index contributed by atoms with van der Waals surface area (Å²) in [7, 11) is 0. The van der Waals surface area contributed by atoms with E-state index in [4.69, 9.17) is 5.73 Å². The van der Waals surface area contributed by atoms with Gasteiger partial charge in [0.05, 0.1) is 0 Å². The zero-order valence-electron chi connectivity index (χ0n) is 12.2. The first-order valence-electron chi connectivity index (χ1n) is 7.76. The van der Waals surface area contributed by atoms with Gasteiger partial charge >= 0.3 is 0 Å². The van der Waals surface area contributed by atoms with Crippen LogP contribution in [0.2, 0.25) is 0 Å². The van der Waals surface area contributed by atoms with Crippen molar-refractivity contribution in [2.45, 2.75) is 25.2 Å². The number of carbonyl (C=O) groups excluding carboxylic acids is 1. The zero-order valence-corrected chi connectivity index (χ0v) is 12.2. The van der Waals surface area contributed by atoms with Crippen molar-refractivity contribution in [3.8, 4) is 0 Å². The molecule has 3 N–H and O–H groups in total. The van der Waals surface area contributed by atoms with Gasteiger partial charge in [0, 0.05) is 12.5 Å². The van der Waals surface area contributed by atoms with E-state index in [1.165, 1.54) is 16.3 Å². The molecule has 3 heteroatoms. The second-order valence-electron chi connectivity index (χ2n) is 5.80. The molecule has 0 aromatic heterocycles. The summed E-state index contributed by atoms with van der Waals surface area (Å²) in [6.07, 6.45) is 2.91. The number of benzene rings is 2. The third-order valence-corrected chi connectivity index (χ3v) is 4.28. The number of unbranched alkanes of at least 4 members (excludes halogenated alkanes) is 1. The molecule has 3 nitrogen and oxygen atoms in total. The van der Waals surface area contributed by atoms with E-state index in [-0.39, 0.29) is 11.8 Å².